The molecule has 0 aliphatic carbocycles. The van der Waals surface area contributed by atoms with Crippen LogP contribution in [0, 0.1) is 19.8 Å². The zero-order valence-corrected chi connectivity index (χ0v) is 18.9. The third-order valence-corrected chi connectivity index (χ3v) is 6.63. The van der Waals surface area contributed by atoms with Crippen LogP contribution in [0.15, 0.2) is 30.3 Å². The molecule has 2 aliphatic heterocycles. The summed E-state index contributed by atoms with van der Waals surface area (Å²) in [6.07, 6.45) is 2.56. The lowest BCUT2D eigenvalue weighted by Crippen LogP contribution is -2.46. The van der Waals surface area contributed by atoms with Crippen LogP contribution in [0.4, 0.5) is 0 Å². The van der Waals surface area contributed by atoms with Gasteiger partial charge in [-0.1, -0.05) is 25.1 Å². The summed E-state index contributed by atoms with van der Waals surface area (Å²) in [5.74, 6) is 0.748. The molecule has 0 saturated carbocycles. The molecule has 2 aliphatic rings. The lowest BCUT2D eigenvalue weighted by molar-refractivity contribution is -0.129. The summed E-state index contributed by atoms with van der Waals surface area (Å²) < 4.78 is 8.37. The highest BCUT2D eigenvalue weighted by Gasteiger charge is 2.43. The van der Waals surface area contributed by atoms with Gasteiger partial charge in [-0.15, -0.1) is 0 Å². The van der Waals surface area contributed by atoms with E-state index < -0.39 is 5.60 Å². The Morgan fingerprint density at radius 1 is 1.32 bits per heavy atom. The Kier molecular flexibility index (Phi) is 5.77. The number of nitrogens with zero attached hydrogens (tertiary/aromatic N) is 3. The summed E-state index contributed by atoms with van der Waals surface area (Å²) in [5.41, 5.74) is 2.58. The molecule has 2 amide bonds. The predicted octanol–water partition coefficient (Wildman–Crippen LogP) is 3.16. The smallest absolute Gasteiger partial charge is 0.225 e. The van der Waals surface area contributed by atoms with Crippen LogP contribution in [0.3, 0.4) is 0 Å². The van der Waals surface area contributed by atoms with Crippen molar-refractivity contribution in [2.75, 3.05) is 13.6 Å². The van der Waals surface area contributed by atoms with E-state index in [4.69, 9.17) is 4.74 Å². The highest BCUT2D eigenvalue weighted by Crippen LogP contribution is 2.44. The normalized spacial score (nSPS) is 24.3. The Morgan fingerprint density at radius 2 is 2.10 bits per heavy atom. The van der Waals surface area contributed by atoms with Crippen molar-refractivity contribution in [1.82, 2.24) is 20.0 Å². The van der Waals surface area contributed by atoms with Gasteiger partial charge in [0.15, 0.2) is 0 Å². The second-order valence-corrected chi connectivity index (χ2v) is 9.16. The van der Waals surface area contributed by atoms with Crippen LogP contribution in [0.2, 0.25) is 0 Å². The third-order valence-electron chi connectivity index (χ3n) is 6.63. The summed E-state index contributed by atoms with van der Waals surface area (Å²) in [6, 6.07) is 9.80. The van der Waals surface area contributed by atoms with Crippen molar-refractivity contribution in [2.45, 2.75) is 64.6 Å². The van der Waals surface area contributed by atoms with Crippen molar-refractivity contribution in [3.63, 3.8) is 0 Å². The van der Waals surface area contributed by atoms with E-state index in [-0.39, 0.29) is 23.8 Å². The van der Waals surface area contributed by atoms with Crippen molar-refractivity contribution in [3.8, 4) is 5.75 Å². The number of amides is 2. The molecular formula is C24H32N4O3. The minimum atomic E-state index is -0.439. The second-order valence-electron chi connectivity index (χ2n) is 9.16. The minimum Gasteiger partial charge on any atom is -0.487 e. The molecule has 1 aromatic heterocycles. The first-order valence-electron chi connectivity index (χ1n) is 11.1. The van der Waals surface area contributed by atoms with E-state index >= 15 is 0 Å². The van der Waals surface area contributed by atoms with Crippen molar-refractivity contribution in [3.05, 3.63) is 47.3 Å². The predicted molar refractivity (Wildman–Crippen MR) is 118 cm³/mol. The molecule has 31 heavy (non-hydrogen) atoms. The van der Waals surface area contributed by atoms with E-state index in [1.54, 1.807) is 4.90 Å². The molecule has 3 atom stereocenters. The number of hydrogen-bond donors (Lipinski definition) is 1. The van der Waals surface area contributed by atoms with Gasteiger partial charge < -0.3 is 15.0 Å². The largest absolute Gasteiger partial charge is 0.487 e. The fourth-order valence-electron chi connectivity index (χ4n) is 4.72. The number of rotatable bonds is 4. The van der Waals surface area contributed by atoms with Crippen LogP contribution in [-0.4, -0.2) is 45.7 Å². The molecule has 1 spiro atoms. The molecule has 1 fully saturated rings. The van der Waals surface area contributed by atoms with Crippen LogP contribution < -0.4 is 10.1 Å². The SMILES string of the molecule is Cc1cc(C)n(C[C@@H](C)C(=O)N[C@H]2C[C@@]3(CCC(=O)N(C)CC3)Oc3ccccc32)n1. The average Bonchev–Trinajstić information content (AvgIpc) is 2.99. The van der Waals surface area contributed by atoms with Crippen LogP contribution in [0.1, 0.15) is 55.6 Å². The van der Waals surface area contributed by atoms with Crippen molar-refractivity contribution in [2.24, 2.45) is 5.92 Å². The van der Waals surface area contributed by atoms with E-state index in [1.165, 1.54) is 0 Å². The molecule has 1 aromatic carbocycles. The summed E-state index contributed by atoms with van der Waals surface area (Å²) in [7, 11) is 1.85. The first-order valence-corrected chi connectivity index (χ1v) is 11.1. The molecule has 166 valence electrons. The Hall–Kier alpha value is -2.83. The number of likely N-dealkylation sites (tertiary alicyclic amines) is 1. The fraction of sp³-hybridized carbons (Fsp3) is 0.542. The van der Waals surface area contributed by atoms with E-state index in [0.29, 0.717) is 32.4 Å². The van der Waals surface area contributed by atoms with Gasteiger partial charge in [0.25, 0.3) is 0 Å². The number of fused-ring (bicyclic) bond motifs is 1. The van der Waals surface area contributed by atoms with E-state index in [2.05, 4.69) is 10.4 Å². The molecule has 0 radical (unpaired) electrons. The topological polar surface area (TPSA) is 76.5 Å². The van der Waals surface area contributed by atoms with Crippen molar-refractivity contribution >= 4 is 11.8 Å². The third kappa shape index (κ3) is 4.45. The molecule has 4 rings (SSSR count). The monoisotopic (exact) mass is 424 g/mol. The number of ether oxygens (including phenoxy) is 1. The molecule has 1 saturated heterocycles. The zero-order valence-electron chi connectivity index (χ0n) is 18.9. The maximum absolute atomic E-state index is 13.1. The standard InChI is InChI=1S/C24H32N4O3/c1-16(15-28-18(3)13-17(2)26-28)23(30)25-20-14-24(10-9-22(29)27(4)12-11-24)31-21-8-6-5-7-19(20)21/h5-8,13,16,20H,9-12,14-15H2,1-4H3,(H,25,30)/t16-,20+,24+/m1/s1. The van der Waals surface area contributed by atoms with E-state index in [0.717, 1.165) is 29.1 Å². The van der Waals surface area contributed by atoms with Crippen molar-refractivity contribution in [1.29, 1.82) is 0 Å². The average molecular weight is 425 g/mol. The first kappa shape index (κ1) is 21.4. The number of carbonyl (C=O) groups is 2. The maximum Gasteiger partial charge on any atom is 0.225 e. The summed E-state index contributed by atoms with van der Waals surface area (Å²) in [6.45, 7) is 7.11. The van der Waals surface area contributed by atoms with Crippen LogP contribution in [0.25, 0.3) is 0 Å². The Balaban J connectivity index is 1.53. The molecular weight excluding hydrogens is 392 g/mol. The number of carbonyl (C=O) groups excluding carboxylic acids is 2. The van der Waals surface area contributed by atoms with Gasteiger partial charge in [-0.2, -0.15) is 5.10 Å². The Morgan fingerprint density at radius 3 is 2.84 bits per heavy atom. The second kappa shape index (κ2) is 8.36. The van der Waals surface area contributed by atoms with Gasteiger partial charge in [0.2, 0.25) is 11.8 Å². The van der Waals surface area contributed by atoms with Crippen LogP contribution in [-0.2, 0) is 16.1 Å². The molecule has 7 nitrogen and oxygen atoms in total. The number of aryl methyl sites for hydroxylation is 2. The van der Waals surface area contributed by atoms with E-state index in [9.17, 15) is 9.59 Å². The Labute approximate surface area is 183 Å². The van der Waals surface area contributed by atoms with Gasteiger partial charge in [0.05, 0.1) is 24.2 Å². The first-order chi connectivity index (χ1) is 14.8. The summed E-state index contributed by atoms with van der Waals surface area (Å²) in [5, 5.41) is 7.77. The molecule has 0 bridgehead atoms. The number of hydrogen-bond acceptors (Lipinski definition) is 4. The molecule has 1 N–H and O–H groups in total. The van der Waals surface area contributed by atoms with Crippen LogP contribution in [0.5, 0.6) is 5.75 Å². The van der Waals surface area contributed by atoms with Gasteiger partial charge in [0.1, 0.15) is 11.4 Å². The summed E-state index contributed by atoms with van der Waals surface area (Å²) in [4.78, 5) is 27.1. The number of benzene rings is 1. The highest BCUT2D eigenvalue weighted by atomic mass is 16.5. The van der Waals surface area contributed by atoms with Gasteiger partial charge in [0, 0.05) is 44.1 Å². The lowest BCUT2D eigenvalue weighted by atomic mass is 9.82. The van der Waals surface area contributed by atoms with Gasteiger partial charge in [-0.3, -0.25) is 14.3 Å². The number of aromatic nitrogens is 2. The van der Waals surface area contributed by atoms with Gasteiger partial charge in [-0.05, 0) is 32.4 Å². The quantitative estimate of drug-likeness (QED) is 0.818. The fourth-order valence-corrected chi connectivity index (χ4v) is 4.72. The number of nitrogens with one attached hydrogen (secondary N) is 1. The molecule has 0 unspecified atom stereocenters. The Bertz CT molecular complexity index is 985. The molecule has 3 heterocycles. The van der Waals surface area contributed by atoms with Crippen LogP contribution >= 0.6 is 0 Å². The van der Waals surface area contributed by atoms with Gasteiger partial charge >= 0.3 is 0 Å². The van der Waals surface area contributed by atoms with Crippen molar-refractivity contribution < 1.29 is 14.3 Å². The van der Waals surface area contributed by atoms with Gasteiger partial charge in [-0.25, -0.2) is 0 Å². The molecule has 7 heteroatoms. The van der Waals surface area contributed by atoms with E-state index in [1.807, 2.05) is 62.8 Å². The molecule has 2 aromatic rings. The number of para-hydroxylation sites is 1. The zero-order chi connectivity index (χ0) is 22.2. The summed E-state index contributed by atoms with van der Waals surface area (Å²) >= 11 is 0. The lowest BCUT2D eigenvalue weighted by Gasteiger charge is -2.42. The maximum atomic E-state index is 13.1. The highest BCUT2D eigenvalue weighted by molar-refractivity contribution is 5.79. The minimum absolute atomic E-state index is 0.00576.